The number of carboxylic acid groups (broad SMARTS) is 1. The molecule has 2 amide bonds. The van der Waals surface area contributed by atoms with Gasteiger partial charge in [-0.1, -0.05) is 23.9 Å². The van der Waals surface area contributed by atoms with E-state index in [9.17, 15) is 14.4 Å². The monoisotopic (exact) mass is 398 g/mol. The van der Waals surface area contributed by atoms with Crippen LogP contribution in [0, 0.1) is 0 Å². The van der Waals surface area contributed by atoms with Crippen molar-refractivity contribution < 1.29 is 24.2 Å². The number of nitrogens with one attached hydrogen (secondary N) is 1. The largest absolute Gasteiger partial charge is 0.478 e. The first kappa shape index (κ1) is 19.7. The minimum atomic E-state index is -1.20. The first-order valence-electron chi connectivity index (χ1n) is 8.43. The molecule has 0 fully saturated rings. The van der Waals surface area contributed by atoms with Gasteiger partial charge in [0, 0.05) is 41.3 Å². The molecule has 0 spiro atoms. The van der Waals surface area contributed by atoms with Crippen LogP contribution >= 0.6 is 11.8 Å². The molecule has 0 saturated carbocycles. The van der Waals surface area contributed by atoms with Crippen LogP contribution in [0.15, 0.2) is 64.4 Å². The predicted octanol–water partition coefficient (Wildman–Crippen LogP) is 3.02. The Bertz CT molecular complexity index is 957. The average molecular weight is 398 g/mol. The number of aliphatic carboxylic acids is 1. The van der Waals surface area contributed by atoms with Crippen LogP contribution in [0.1, 0.15) is 10.4 Å². The third-order valence-corrected chi connectivity index (χ3v) is 5.12. The molecular formula is C20H18N2O5S. The molecule has 7 nitrogen and oxygen atoms in total. The number of ether oxygens (including phenoxy) is 1. The number of methoxy groups -OCH3 is 1. The number of anilines is 2. The maximum absolute atomic E-state index is 13.0. The lowest BCUT2D eigenvalue weighted by atomic mass is 10.1. The third kappa shape index (κ3) is 4.41. The van der Waals surface area contributed by atoms with Crippen molar-refractivity contribution >= 4 is 40.9 Å². The zero-order valence-corrected chi connectivity index (χ0v) is 15.9. The fraction of sp³-hybridized carbons (Fsp3) is 0.150. The molecule has 2 aromatic rings. The van der Waals surface area contributed by atoms with E-state index >= 15 is 0 Å². The van der Waals surface area contributed by atoms with E-state index in [1.807, 2.05) is 18.2 Å². The number of carbonyl (C=O) groups excluding carboxylic acids is 2. The number of nitrogens with zero attached hydrogens (tertiary/aromatic N) is 1. The quantitative estimate of drug-likeness (QED) is 0.726. The molecule has 8 heteroatoms. The first-order valence-corrected chi connectivity index (χ1v) is 9.25. The summed E-state index contributed by atoms with van der Waals surface area (Å²) in [4.78, 5) is 38.7. The van der Waals surface area contributed by atoms with E-state index in [4.69, 9.17) is 9.84 Å². The number of fused-ring (bicyclic) bond motifs is 2. The lowest BCUT2D eigenvalue weighted by Crippen LogP contribution is -2.33. The summed E-state index contributed by atoms with van der Waals surface area (Å²) in [6.45, 7) is 0.779. The summed E-state index contributed by atoms with van der Waals surface area (Å²) in [6, 6.07) is 12.6. The van der Waals surface area contributed by atoms with Crippen molar-refractivity contribution in [3.63, 3.8) is 0 Å². The fourth-order valence-corrected chi connectivity index (χ4v) is 3.86. The second kappa shape index (κ2) is 8.73. The molecule has 28 heavy (non-hydrogen) atoms. The summed E-state index contributed by atoms with van der Waals surface area (Å²) in [6.07, 6.45) is 1.72. The Morgan fingerprint density at radius 2 is 1.96 bits per heavy atom. The molecule has 0 aromatic heterocycles. The van der Waals surface area contributed by atoms with Crippen molar-refractivity contribution in [2.75, 3.05) is 30.5 Å². The minimum Gasteiger partial charge on any atom is -0.478 e. The van der Waals surface area contributed by atoms with Crippen molar-refractivity contribution in [2.24, 2.45) is 0 Å². The summed E-state index contributed by atoms with van der Waals surface area (Å²) in [5, 5.41) is 11.2. The van der Waals surface area contributed by atoms with Crippen LogP contribution in [0.25, 0.3) is 0 Å². The van der Waals surface area contributed by atoms with Gasteiger partial charge in [-0.25, -0.2) is 4.79 Å². The van der Waals surface area contributed by atoms with Gasteiger partial charge >= 0.3 is 5.97 Å². The molecule has 1 aliphatic rings. The molecule has 1 heterocycles. The summed E-state index contributed by atoms with van der Waals surface area (Å²) in [5.41, 5.74) is 1.84. The van der Waals surface area contributed by atoms with Gasteiger partial charge in [-0.15, -0.1) is 0 Å². The van der Waals surface area contributed by atoms with E-state index in [0.29, 0.717) is 24.4 Å². The topological polar surface area (TPSA) is 95.9 Å². The van der Waals surface area contributed by atoms with Crippen LogP contribution in [0.4, 0.5) is 11.4 Å². The lowest BCUT2D eigenvalue weighted by Gasteiger charge is -2.23. The van der Waals surface area contributed by atoms with Crippen molar-refractivity contribution in [1.82, 2.24) is 0 Å². The fourth-order valence-electron chi connectivity index (χ4n) is 2.74. The maximum atomic E-state index is 13.0. The SMILES string of the molecule is COCCN1C(=O)c2ccccc2Sc2cc(NC(=O)/C=C/C(=O)O)ccc21. The highest BCUT2D eigenvalue weighted by atomic mass is 32.2. The second-order valence-electron chi connectivity index (χ2n) is 5.89. The highest BCUT2D eigenvalue weighted by Gasteiger charge is 2.27. The number of benzene rings is 2. The third-order valence-electron chi connectivity index (χ3n) is 4.00. The Hall–Kier alpha value is -3.10. The average Bonchev–Trinajstić information content (AvgIpc) is 2.79. The molecule has 0 atom stereocenters. The van der Waals surface area contributed by atoms with Crippen molar-refractivity contribution in [3.8, 4) is 0 Å². The Labute approximate surface area is 166 Å². The summed E-state index contributed by atoms with van der Waals surface area (Å²) >= 11 is 1.44. The van der Waals surface area contributed by atoms with Gasteiger partial charge < -0.3 is 20.1 Å². The number of hydrogen-bond acceptors (Lipinski definition) is 5. The molecule has 2 aromatic carbocycles. The van der Waals surface area contributed by atoms with Gasteiger partial charge in [0.05, 0.1) is 17.9 Å². The summed E-state index contributed by atoms with van der Waals surface area (Å²) < 4.78 is 5.15. The van der Waals surface area contributed by atoms with Crippen molar-refractivity contribution in [2.45, 2.75) is 9.79 Å². The molecule has 0 saturated heterocycles. The van der Waals surface area contributed by atoms with Gasteiger partial charge in [0.25, 0.3) is 5.91 Å². The van der Waals surface area contributed by atoms with Crippen LogP contribution < -0.4 is 10.2 Å². The Morgan fingerprint density at radius 3 is 2.71 bits per heavy atom. The first-order chi connectivity index (χ1) is 13.5. The number of amides is 2. The smallest absolute Gasteiger partial charge is 0.328 e. The van der Waals surface area contributed by atoms with Gasteiger partial charge in [-0.2, -0.15) is 0 Å². The van der Waals surface area contributed by atoms with E-state index in [-0.39, 0.29) is 5.91 Å². The number of rotatable bonds is 6. The van der Waals surface area contributed by atoms with E-state index < -0.39 is 11.9 Å². The molecule has 0 unspecified atom stereocenters. The minimum absolute atomic E-state index is 0.111. The maximum Gasteiger partial charge on any atom is 0.328 e. The summed E-state index contributed by atoms with van der Waals surface area (Å²) in [7, 11) is 1.58. The second-order valence-corrected chi connectivity index (χ2v) is 6.97. The zero-order chi connectivity index (χ0) is 20.1. The predicted molar refractivity (Wildman–Crippen MR) is 106 cm³/mol. The zero-order valence-electron chi connectivity index (χ0n) is 15.0. The normalized spacial score (nSPS) is 13.0. The number of carbonyl (C=O) groups is 3. The molecule has 0 bridgehead atoms. The van der Waals surface area contributed by atoms with E-state index in [1.165, 1.54) is 11.8 Å². The van der Waals surface area contributed by atoms with Crippen LogP contribution in [0.2, 0.25) is 0 Å². The van der Waals surface area contributed by atoms with Crippen LogP contribution in [0.5, 0.6) is 0 Å². The van der Waals surface area contributed by atoms with Gasteiger partial charge in [0.1, 0.15) is 0 Å². The Morgan fingerprint density at radius 1 is 1.18 bits per heavy atom. The molecule has 1 aliphatic heterocycles. The highest BCUT2D eigenvalue weighted by Crippen LogP contribution is 2.42. The van der Waals surface area contributed by atoms with Crippen LogP contribution in [0.3, 0.4) is 0 Å². The van der Waals surface area contributed by atoms with Crippen molar-refractivity contribution in [3.05, 3.63) is 60.2 Å². The number of carboxylic acids is 1. The van der Waals surface area contributed by atoms with Gasteiger partial charge in [0.15, 0.2) is 0 Å². The van der Waals surface area contributed by atoms with Gasteiger partial charge in [-0.3, -0.25) is 9.59 Å². The van der Waals surface area contributed by atoms with E-state index in [1.54, 1.807) is 36.3 Å². The molecule has 2 N–H and O–H groups in total. The Balaban J connectivity index is 1.96. The molecular weight excluding hydrogens is 380 g/mol. The molecule has 0 radical (unpaired) electrons. The van der Waals surface area contributed by atoms with Crippen LogP contribution in [-0.2, 0) is 14.3 Å². The Kier molecular flexibility index (Phi) is 6.13. The van der Waals surface area contributed by atoms with E-state index in [0.717, 1.165) is 27.6 Å². The van der Waals surface area contributed by atoms with Gasteiger partial charge in [-0.05, 0) is 30.3 Å². The highest BCUT2D eigenvalue weighted by molar-refractivity contribution is 7.99. The lowest BCUT2D eigenvalue weighted by molar-refractivity contribution is -0.131. The molecule has 144 valence electrons. The summed E-state index contributed by atoms with van der Waals surface area (Å²) in [5.74, 6) is -1.86. The molecule has 0 aliphatic carbocycles. The van der Waals surface area contributed by atoms with E-state index in [2.05, 4.69) is 5.32 Å². The van der Waals surface area contributed by atoms with Gasteiger partial charge in [0.2, 0.25) is 5.91 Å². The van der Waals surface area contributed by atoms with Crippen molar-refractivity contribution in [1.29, 1.82) is 0 Å². The van der Waals surface area contributed by atoms with Crippen LogP contribution in [-0.4, -0.2) is 43.2 Å². The standard InChI is InChI=1S/C20H18N2O5S/c1-27-11-10-22-15-7-6-13(21-18(23)8-9-19(24)25)12-17(15)28-16-5-3-2-4-14(16)20(22)26/h2-9,12H,10-11H2,1H3,(H,21,23)(H,24,25)/b9-8+. The number of hydrogen-bond donors (Lipinski definition) is 2. The molecule has 3 rings (SSSR count).